The van der Waals surface area contributed by atoms with Crippen LogP contribution in [-0.4, -0.2) is 45.6 Å². The molecule has 2 aromatic heterocycles. The summed E-state index contributed by atoms with van der Waals surface area (Å²) in [6, 6.07) is 15.1. The normalized spacial score (nSPS) is 17.9. The molecule has 1 saturated heterocycles. The summed E-state index contributed by atoms with van der Waals surface area (Å²) in [5, 5.41) is 12.6. The molecule has 1 amide bonds. The number of methoxy groups -OCH3 is 1. The fourth-order valence-corrected chi connectivity index (χ4v) is 5.07. The zero-order valence-electron chi connectivity index (χ0n) is 16.0. The van der Waals surface area contributed by atoms with Gasteiger partial charge in [0.1, 0.15) is 22.6 Å². The van der Waals surface area contributed by atoms with Crippen molar-refractivity contribution in [2.24, 2.45) is 0 Å². The van der Waals surface area contributed by atoms with Gasteiger partial charge in [-0.25, -0.2) is 4.98 Å². The predicted octanol–water partition coefficient (Wildman–Crippen LogP) is 4.12. The fourth-order valence-electron chi connectivity index (χ4n) is 4.06. The number of carbonyl (C=O) groups excluding carboxylic acids is 1. The quantitative estimate of drug-likeness (QED) is 0.533. The molecule has 29 heavy (non-hydrogen) atoms. The lowest BCUT2D eigenvalue weighted by Crippen LogP contribution is -2.39. The minimum atomic E-state index is -0.789. The monoisotopic (exact) mass is 407 g/mol. The average Bonchev–Trinajstić information content (AvgIpc) is 3.49. The van der Waals surface area contributed by atoms with Gasteiger partial charge in [-0.1, -0.05) is 12.1 Å². The van der Waals surface area contributed by atoms with Crippen LogP contribution in [0.2, 0.25) is 0 Å². The van der Waals surface area contributed by atoms with Gasteiger partial charge in [0, 0.05) is 23.5 Å². The number of hydrogen-bond acceptors (Lipinski definition) is 5. The van der Waals surface area contributed by atoms with E-state index in [0.29, 0.717) is 17.2 Å². The molecule has 1 aliphatic heterocycles. The summed E-state index contributed by atoms with van der Waals surface area (Å²) in [5.41, 5.74) is 2.26. The van der Waals surface area contributed by atoms with Crippen LogP contribution in [0.3, 0.4) is 0 Å². The van der Waals surface area contributed by atoms with Gasteiger partial charge in [0.15, 0.2) is 0 Å². The second-order valence-electron chi connectivity index (χ2n) is 7.31. The van der Waals surface area contributed by atoms with Gasteiger partial charge in [0.25, 0.3) is 5.91 Å². The highest BCUT2D eigenvalue weighted by atomic mass is 32.1. The predicted molar refractivity (Wildman–Crippen MR) is 113 cm³/mol. The molecule has 0 saturated carbocycles. The maximum Gasteiger partial charge on any atom is 0.270 e. The number of ether oxygens (including phenoxy) is 1. The average molecular weight is 407 g/mol. The van der Waals surface area contributed by atoms with Gasteiger partial charge in [0.2, 0.25) is 0 Å². The van der Waals surface area contributed by atoms with Gasteiger partial charge in [-0.3, -0.25) is 4.79 Å². The van der Waals surface area contributed by atoms with Gasteiger partial charge < -0.3 is 19.7 Å². The first-order valence-electron chi connectivity index (χ1n) is 9.65. The van der Waals surface area contributed by atoms with Crippen LogP contribution in [-0.2, 0) is 0 Å². The molecule has 148 valence electrons. The van der Waals surface area contributed by atoms with E-state index in [0.717, 1.165) is 39.7 Å². The third-order valence-electron chi connectivity index (χ3n) is 5.55. The molecular formula is C22H21N3O3S. The Hall–Kier alpha value is -2.90. The van der Waals surface area contributed by atoms with E-state index >= 15 is 0 Å². The molecule has 4 aromatic rings. The van der Waals surface area contributed by atoms with E-state index in [1.54, 1.807) is 12.0 Å². The summed E-state index contributed by atoms with van der Waals surface area (Å²) in [7, 11) is 1.62. The van der Waals surface area contributed by atoms with Crippen LogP contribution in [0.5, 0.6) is 5.75 Å². The number of rotatable bonds is 4. The third kappa shape index (κ3) is 3.16. The van der Waals surface area contributed by atoms with Crippen molar-refractivity contribution in [2.45, 2.75) is 25.0 Å². The molecule has 0 spiro atoms. The van der Waals surface area contributed by atoms with Crippen molar-refractivity contribution in [3.8, 4) is 5.75 Å². The van der Waals surface area contributed by atoms with E-state index in [4.69, 9.17) is 4.74 Å². The number of benzene rings is 2. The Bertz CT molecular complexity index is 1170. The number of carbonyl (C=O) groups is 1. The van der Waals surface area contributed by atoms with Gasteiger partial charge in [-0.05, 0) is 43.2 Å². The smallest absolute Gasteiger partial charge is 0.270 e. The molecule has 2 N–H and O–H groups in total. The third-order valence-corrected chi connectivity index (χ3v) is 6.66. The maximum atomic E-state index is 13.2. The van der Waals surface area contributed by atoms with Crippen LogP contribution < -0.4 is 4.74 Å². The number of H-pyrrole nitrogens is 1. The van der Waals surface area contributed by atoms with Crippen LogP contribution in [0.25, 0.3) is 21.1 Å². The molecule has 1 aliphatic rings. The molecule has 2 atom stereocenters. The van der Waals surface area contributed by atoms with Gasteiger partial charge in [0.05, 0.1) is 23.4 Å². The van der Waals surface area contributed by atoms with Crippen LogP contribution >= 0.6 is 11.3 Å². The summed E-state index contributed by atoms with van der Waals surface area (Å²) < 4.78 is 6.30. The number of fused-ring (bicyclic) bond motifs is 2. The Labute approximate surface area is 171 Å². The fraction of sp³-hybridized carbons (Fsp3) is 0.273. The largest absolute Gasteiger partial charge is 0.497 e. The molecule has 2 aromatic carbocycles. The van der Waals surface area contributed by atoms with E-state index in [1.165, 1.54) is 11.3 Å². The highest BCUT2D eigenvalue weighted by Crippen LogP contribution is 2.34. The number of para-hydroxylation sites is 1. The summed E-state index contributed by atoms with van der Waals surface area (Å²) in [5.74, 6) is 0.645. The lowest BCUT2D eigenvalue weighted by atomic mass is 10.1. The molecule has 0 aliphatic carbocycles. The number of hydrogen-bond donors (Lipinski definition) is 2. The van der Waals surface area contributed by atoms with E-state index in [9.17, 15) is 9.90 Å². The topological polar surface area (TPSA) is 78.4 Å². The highest BCUT2D eigenvalue weighted by molar-refractivity contribution is 7.18. The number of likely N-dealkylation sites (tertiary alicyclic amines) is 1. The molecule has 0 bridgehead atoms. The molecule has 0 unspecified atom stereocenters. The van der Waals surface area contributed by atoms with Crippen molar-refractivity contribution in [2.75, 3.05) is 13.7 Å². The zero-order valence-corrected chi connectivity index (χ0v) is 16.8. The first kappa shape index (κ1) is 18.1. The van der Waals surface area contributed by atoms with Crippen molar-refractivity contribution in [3.63, 3.8) is 0 Å². The SMILES string of the molecule is COc1ccc2cc(C(=O)N3CCC[C@H]3[C@H](O)c3nc4ccccc4s3)[nH]c2c1. The highest BCUT2D eigenvalue weighted by Gasteiger charge is 2.37. The van der Waals surface area contributed by atoms with Gasteiger partial charge in [-0.15, -0.1) is 11.3 Å². The summed E-state index contributed by atoms with van der Waals surface area (Å²) in [6.45, 7) is 0.629. The molecule has 5 rings (SSSR count). The van der Waals surface area contributed by atoms with Crippen molar-refractivity contribution < 1.29 is 14.6 Å². The van der Waals surface area contributed by atoms with Crippen LogP contribution in [0.1, 0.15) is 34.4 Å². The number of aromatic nitrogens is 2. The number of aliphatic hydroxyl groups excluding tert-OH is 1. The standard InChI is InChI=1S/C22H21N3O3S/c1-28-14-9-8-13-11-17(23-16(13)12-14)22(27)25-10-4-6-18(25)20(26)21-24-15-5-2-3-7-19(15)29-21/h2-3,5,7-9,11-12,18,20,23,26H,4,6,10H2,1H3/t18-,20-/m0/s1. The number of amides is 1. The van der Waals surface area contributed by atoms with Crippen molar-refractivity contribution in [1.29, 1.82) is 0 Å². The minimum Gasteiger partial charge on any atom is -0.497 e. The first-order chi connectivity index (χ1) is 14.1. The molecular weight excluding hydrogens is 386 g/mol. The number of nitrogens with one attached hydrogen (secondary N) is 1. The summed E-state index contributed by atoms with van der Waals surface area (Å²) in [4.78, 5) is 22.8. The van der Waals surface area contributed by atoms with Gasteiger partial charge >= 0.3 is 0 Å². The Morgan fingerprint density at radius 3 is 3.00 bits per heavy atom. The molecule has 0 radical (unpaired) electrons. The Balaban J connectivity index is 1.43. The number of aliphatic hydroxyl groups is 1. The lowest BCUT2D eigenvalue weighted by Gasteiger charge is -2.27. The van der Waals surface area contributed by atoms with Crippen LogP contribution in [0, 0.1) is 0 Å². The Kier molecular flexibility index (Phi) is 4.49. The maximum absolute atomic E-state index is 13.2. The first-order valence-corrected chi connectivity index (χ1v) is 10.5. The van der Waals surface area contributed by atoms with Crippen molar-refractivity contribution >= 4 is 38.4 Å². The van der Waals surface area contributed by atoms with E-state index in [-0.39, 0.29) is 11.9 Å². The molecule has 1 fully saturated rings. The van der Waals surface area contributed by atoms with E-state index in [1.807, 2.05) is 48.5 Å². The van der Waals surface area contributed by atoms with E-state index < -0.39 is 6.10 Å². The lowest BCUT2D eigenvalue weighted by molar-refractivity contribution is 0.0482. The summed E-state index contributed by atoms with van der Waals surface area (Å²) >= 11 is 1.49. The number of nitrogens with zero attached hydrogens (tertiary/aromatic N) is 2. The zero-order chi connectivity index (χ0) is 20.0. The van der Waals surface area contributed by atoms with Crippen LogP contribution in [0.15, 0.2) is 48.5 Å². The van der Waals surface area contributed by atoms with Crippen LogP contribution in [0.4, 0.5) is 0 Å². The molecule has 3 heterocycles. The summed E-state index contributed by atoms with van der Waals surface area (Å²) in [6.07, 6.45) is 0.840. The molecule has 6 nitrogen and oxygen atoms in total. The van der Waals surface area contributed by atoms with E-state index in [2.05, 4.69) is 9.97 Å². The van der Waals surface area contributed by atoms with Crippen molar-refractivity contribution in [3.05, 3.63) is 59.2 Å². The Morgan fingerprint density at radius 2 is 2.17 bits per heavy atom. The minimum absolute atomic E-state index is 0.0946. The van der Waals surface area contributed by atoms with Gasteiger partial charge in [-0.2, -0.15) is 0 Å². The molecule has 7 heteroatoms. The second kappa shape index (κ2) is 7.17. The Morgan fingerprint density at radius 1 is 1.31 bits per heavy atom. The number of aromatic amines is 1. The van der Waals surface area contributed by atoms with Crippen molar-refractivity contribution in [1.82, 2.24) is 14.9 Å². The second-order valence-corrected chi connectivity index (χ2v) is 8.37. The number of thiazole rings is 1.